The Labute approximate surface area is 182 Å². The standard InChI is InChI=1S/C24H40N4O2/c1-5-7-8-9-21-22(18-27(6-2)16-14-19(3)4)28-17-15-20(10-12-23(28)25-21)11-13-24(29)26-30/h11,13,15,17,19-20,30H,5-10,12,14,16,18H2,1-4H3,(H,26,29)/b13-11+. The number of nitrogens with one attached hydrogen (secondary N) is 1. The van der Waals surface area contributed by atoms with Crippen LogP contribution in [-0.4, -0.2) is 38.7 Å². The fourth-order valence-corrected chi connectivity index (χ4v) is 3.83. The van der Waals surface area contributed by atoms with Crippen LogP contribution < -0.4 is 5.48 Å². The average molecular weight is 417 g/mol. The van der Waals surface area contributed by atoms with Gasteiger partial charge in [-0.15, -0.1) is 0 Å². The third-order valence-corrected chi connectivity index (χ3v) is 5.81. The van der Waals surface area contributed by atoms with Gasteiger partial charge >= 0.3 is 0 Å². The van der Waals surface area contributed by atoms with Gasteiger partial charge in [-0.2, -0.15) is 0 Å². The van der Waals surface area contributed by atoms with Gasteiger partial charge in [0.05, 0.1) is 11.4 Å². The Hall–Kier alpha value is -1.92. The van der Waals surface area contributed by atoms with E-state index in [-0.39, 0.29) is 5.92 Å². The molecule has 1 aromatic heterocycles. The number of hydrogen-bond acceptors (Lipinski definition) is 4. The molecule has 168 valence electrons. The van der Waals surface area contributed by atoms with Gasteiger partial charge in [-0.05, 0) is 50.6 Å². The van der Waals surface area contributed by atoms with Crippen LogP contribution in [0.3, 0.4) is 0 Å². The van der Waals surface area contributed by atoms with E-state index in [0.717, 1.165) is 44.7 Å². The second-order valence-electron chi connectivity index (χ2n) is 8.68. The Bertz CT molecular complexity index is 721. The van der Waals surface area contributed by atoms with Crippen LogP contribution in [0.15, 0.2) is 18.2 Å². The number of amides is 1. The van der Waals surface area contributed by atoms with E-state index in [1.807, 2.05) is 6.08 Å². The number of unbranched alkanes of at least 4 members (excludes halogenated alkanes) is 2. The summed E-state index contributed by atoms with van der Waals surface area (Å²) in [5.74, 6) is 1.49. The number of allylic oxidation sites excluding steroid dienone is 2. The SMILES string of the molecule is CCCCCc1nc2n(c1CN(CC)CCC(C)C)C=CC(/C=C/C(=O)NO)CC2. The summed E-state index contributed by atoms with van der Waals surface area (Å²) >= 11 is 0. The van der Waals surface area contributed by atoms with E-state index in [4.69, 9.17) is 10.2 Å². The Morgan fingerprint density at radius 3 is 2.87 bits per heavy atom. The summed E-state index contributed by atoms with van der Waals surface area (Å²) in [6.45, 7) is 12.1. The molecule has 1 atom stereocenters. The number of aromatic nitrogens is 2. The number of carbonyl (C=O) groups excluding carboxylic acids is 1. The van der Waals surface area contributed by atoms with Gasteiger partial charge in [-0.1, -0.05) is 52.7 Å². The third kappa shape index (κ3) is 7.40. The molecular weight excluding hydrogens is 376 g/mol. The molecule has 1 amide bonds. The molecule has 0 bridgehead atoms. The maximum Gasteiger partial charge on any atom is 0.267 e. The molecule has 1 aromatic rings. The van der Waals surface area contributed by atoms with Crippen LogP contribution in [0.25, 0.3) is 6.20 Å². The average Bonchev–Trinajstić information content (AvgIpc) is 2.92. The van der Waals surface area contributed by atoms with Gasteiger partial charge in [0.25, 0.3) is 5.91 Å². The van der Waals surface area contributed by atoms with Crippen molar-refractivity contribution in [2.75, 3.05) is 13.1 Å². The van der Waals surface area contributed by atoms with Crippen molar-refractivity contribution >= 4 is 12.1 Å². The first-order valence-corrected chi connectivity index (χ1v) is 11.6. The maximum absolute atomic E-state index is 11.3. The molecule has 2 rings (SSSR count). The first kappa shape index (κ1) is 24.4. The van der Waals surface area contributed by atoms with E-state index in [1.54, 1.807) is 5.48 Å². The van der Waals surface area contributed by atoms with E-state index in [1.165, 1.54) is 43.1 Å². The Morgan fingerprint density at radius 2 is 2.20 bits per heavy atom. The molecule has 2 heterocycles. The van der Waals surface area contributed by atoms with Crippen LogP contribution in [0.5, 0.6) is 0 Å². The van der Waals surface area contributed by atoms with E-state index < -0.39 is 5.91 Å². The number of nitrogens with zero attached hydrogens (tertiary/aromatic N) is 3. The van der Waals surface area contributed by atoms with Crippen molar-refractivity contribution in [3.8, 4) is 0 Å². The second-order valence-corrected chi connectivity index (χ2v) is 8.68. The van der Waals surface area contributed by atoms with Crippen LogP contribution in [0.1, 0.15) is 77.0 Å². The predicted octanol–water partition coefficient (Wildman–Crippen LogP) is 4.58. The molecule has 1 aliphatic rings. The quantitative estimate of drug-likeness (QED) is 0.226. The van der Waals surface area contributed by atoms with Crippen LogP contribution in [0.4, 0.5) is 0 Å². The summed E-state index contributed by atoms with van der Waals surface area (Å²) in [6, 6.07) is 0. The molecule has 0 aliphatic carbocycles. The summed E-state index contributed by atoms with van der Waals surface area (Å²) in [6.07, 6.45) is 15.2. The lowest BCUT2D eigenvalue weighted by Gasteiger charge is -2.22. The Kier molecular flexibility index (Phi) is 10.3. The van der Waals surface area contributed by atoms with Gasteiger partial charge in [-0.3, -0.25) is 14.9 Å². The number of carbonyl (C=O) groups is 1. The number of rotatable bonds is 12. The molecule has 0 fully saturated rings. The van der Waals surface area contributed by atoms with Crippen LogP contribution in [0.2, 0.25) is 0 Å². The zero-order valence-electron chi connectivity index (χ0n) is 19.2. The molecule has 0 saturated carbocycles. The van der Waals surface area contributed by atoms with E-state index >= 15 is 0 Å². The molecule has 0 saturated heterocycles. The van der Waals surface area contributed by atoms with E-state index in [9.17, 15) is 4.79 Å². The summed E-state index contributed by atoms with van der Waals surface area (Å²) in [4.78, 5) is 18.9. The minimum absolute atomic E-state index is 0.156. The largest absolute Gasteiger partial charge is 0.306 e. The highest BCUT2D eigenvalue weighted by molar-refractivity contribution is 5.86. The molecular formula is C24H40N4O2. The number of hydroxylamine groups is 1. The first-order chi connectivity index (χ1) is 14.5. The highest BCUT2D eigenvalue weighted by atomic mass is 16.5. The van der Waals surface area contributed by atoms with Crippen molar-refractivity contribution in [3.05, 3.63) is 35.4 Å². The molecule has 0 aromatic carbocycles. The second kappa shape index (κ2) is 12.7. The van der Waals surface area contributed by atoms with Crippen LogP contribution in [-0.2, 0) is 24.2 Å². The van der Waals surface area contributed by atoms with E-state index in [2.05, 4.69) is 49.4 Å². The topological polar surface area (TPSA) is 70.4 Å². The van der Waals surface area contributed by atoms with Crippen molar-refractivity contribution in [2.24, 2.45) is 11.8 Å². The Morgan fingerprint density at radius 1 is 1.40 bits per heavy atom. The minimum atomic E-state index is -0.493. The molecule has 6 heteroatoms. The van der Waals surface area contributed by atoms with Gasteiger partial charge in [0.15, 0.2) is 0 Å². The monoisotopic (exact) mass is 416 g/mol. The zero-order chi connectivity index (χ0) is 21.9. The smallest absolute Gasteiger partial charge is 0.267 e. The van der Waals surface area contributed by atoms with Crippen molar-refractivity contribution in [1.82, 2.24) is 19.9 Å². The van der Waals surface area contributed by atoms with Gasteiger partial charge in [0, 0.05) is 25.2 Å². The van der Waals surface area contributed by atoms with Gasteiger partial charge < -0.3 is 4.57 Å². The number of aryl methyl sites for hydroxylation is 2. The molecule has 1 unspecified atom stereocenters. The summed E-state index contributed by atoms with van der Waals surface area (Å²) in [5, 5.41) is 8.68. The zero-order valence-corrected chi connectivity index (χ0v) is 19.2. The number of hydrogen-bond donors (Lipinski definition) is 2. The lowest BCUT2D eigenvalue weighted by molar-refractivity contribution is -0.124. The predicted molar refractivity (Wildman–Crippen MR) is 122 cm³/mol. The first-order valence-electron chi connectivity index (χ1n) is 11.6. The summed E-state index contributed by atoms with van der Waals surface area (Å²) < 4.78 is 2.29. The summed E-state index contributed by atoms with van der Waals surface area (Å²) in [7, 11) is 0. The van der Waals surface area contributed by atoms with Crippen molar-refractivity contribution in [2.45, 2.75) is 79.2 Å². The van der Waals surface area contributed by atoms with Crippen molar-refractivity contribution in [3.63, 3.8) is 0 Å². The normalized spacial score (nSPS) is 16.4. The molecule has 30 heavy (non-hydrogen) atoms. The van der Waals surface area contributed by atoms with Crippen molar-refractivity contribution < 1.29 is 10.0 Å². The fraction of sp³-hybridized carbons (Fsp3) is 0.667. The lowest BCUT2D eigenvalue weighted by Crippen LogP contribution is -2.26. The minimum Gasteiger partial charge on any atom is -0.306 e. The summed E-state index contributed by atoms with van der Waals surface area (Å²) in [5.41, 5.74) is 4.22. The van der Waals surface area contributed by atoms with Crippen molar-refractivity contribution in [1.29, 1.82) is 0 Å². The third-order valence-electron chi connectivity index (χ3n) is 5.81. The maximum atomic E-state index is 11.3. The van der Waals surface area contributed by atoms with Gasteiger partial charge in [0.2, 0.25) is 0 Å². The number of fused-ring (bicyclic) bond motifs is 1. The number of imidazole rings is 1. The van der Waals surface area contributed by atoms with E-state index in [0.29, 0.717) is 5.92 Å². The highest BCUT2D eigenvalue weighted by Crippen LogP contribution is 2.24. The van der Waals surface area contributed by atoms with Crippen LogP contribution in [0, 0.1) is 11.8 Å². The van der Waals surface area contributed by atoms with Crippen LogP contribution >= 0.6 is 0 Å². The van der Waals surface area contributed by atoms with Gasteiger partial charge in [-0.25, -0.2) is 10.5 Å². The molecule has 0 radical (unpaired) electrons. The molecule has 2 N–H and O–H groups in total. The molecule has 0 spiro atoms. The lowest BCUT2D eigenvalue weighted by atomic mass is 10.0. The Balaban J connectivity index is 2.24. The molecule has 6 nitrogen and oxygen atoms in total. The fourth-order valence-electron chi connectivity index (χ4n) is 3.83. The van der Waals surface area contributed by atoms with Gasteiger partial charge in [0.1, 0.15) is 5.82 Å². The highest BCUT2D eigenvalue weighted by Gasteiger charge is 2.20. The molecule has 1 aliphatic heterocycles.